The van der Waals surface area contributed by atoms with Crippen LogP contribution in [0.2, 0.25) is 5.02 Å². The fourth-order valence-electron chi connectivity index (χ4n) is 3.97. The maximum Gasteiger partial charge on any atom is 0.159 e. The highest BCUT2D eigenvalue weighted by atomic mass is 35.5. The van der Waals surface area contributed by atoms with Gasteiger partial charge in [0.15, 0.2) is 5.82 Å². The summed E-state index contributed by atoms with van der Waals surface area (Å²) in [5, 5.41) is 0.660. The molecule has 1 aliphatic heterocycles. The molecule has 0 aliphatic carbocycles. The van der Waals surface area contributed by atoms with E-state index in [1.165, 1.54) is 5.56 Å². The lowest BCUT2D eigenvalue weighted by Crippen LogP contribution is -2.31. The van der Waals surface area contributed by atoms with Crippen molar-refractivity contribution in [3.05, 3.63) is 89.1 Å². The van der Waals surface area contributed by atoms with E-state index in [-0.39, 0.29) is 0 Å². The SMILES string of the molecule is COc1ccc(Cl)cc1-c1ccc(CN2CCc3nc(-c4ccncc4)ncc3C2)cn1. The van der Waals surface area contributed by atoms with Gasteiger partial charge in [0, 0.05) is 72.6 Å². The van der Waals surface area contributed by atoms with Crippen molar-refractivity contribution in [3.8, 4) is 28.4 Å². The third-order valence-corrected chi connectivity index (χ3v) is 5.85. The van der Waals surface area contributed by atoms with Crippen LogP contribution in [0, 0.1) is 0 Å². The van der Waals surface area contributed by atoms with E-state index in [9.17, 15) is 0 Å². The molecule has 0 unspecified atom stereocenters. The van der Waals surface area contributed by atoms with E-state index in [2.05, 4.69) is 25.9 Å². The molecular formula is C25H22ClN5O. The molecule has 0 fully saturated rings. The summed E-state index contributed by atoms with van der Waals surface area (Å²) in [4.78, 5) is 20.5. The van der Waals surface area contributed by atoms with Crippen molar-refractivity contribution < 1.29 is 4.74 Å². The number of ether oxygens (including phenoxy) is 1. The Hall–Kier alpha value is -3.35. The molecule has 0 radical (unpaired) electrons. The summed E-state index contributed by atoms with van der Waals surface area (Å²) in [5.74, 6) is 1.52. The van der Waals surface area contributed by atoms with Crippen LogP contribution in [0.5, 0.6) is 5.75 Å². The minimum absolute atomic E-state index is 0.660. The maximum atomic E-state index is 6.17. The van der Waals surface area contributed by atoms with Crippen molar-refractivity contribution in [1.82, 2.24) is 24.8 Å². The minimum atomic E-state index is 0.660. The van der Waals surface area contributed by atoms with E-state index in [1.54, 1.807) is 19.5 Å². The van der Waals surface area contributed by atoms with Gasteiger partial charge in [-0.25, -0.2) is 9.97 Å². The first-order valence-corrected chi connectivity index (χ1v) is 10.8. The molecular weight excluding hydrogens is 422 g/mol. The van der Waals surface area contributed by atoms with E-state index in [0.717, 1.165) is 65.7 Å². The number of aromatic nitrogens is 4. The monoisotopic (exact) mass is 443 g/mol. The Labute approximate surface area is 191 Å². The summed E-state index contributed by atoms with van der Waals surface area (Å²) in [6.45, 7) is 2.60. The zero-order valence-electron chi connectivity index (χ0n) is 17.7. The number of hydrogen-bond acceptors (Lipinski definition) is 6. The lowest BCUT2D eigenvalue weighted by Gasteiger charge is -2.28. The van der Waals surface area contributed by atoms with Crippen LogP contribution >= 0.6 is 11.6 Å². The van der Waals surface area contributed by atoms with Crippen molar-refractivity contribution in [2.45, 2.75) is 19.5 Å². The summed E-state index contributed by atoms with van der Waals surface area (Å²) in [7, 11) is 1.65. The van der Waals surface area contributed by atoms with Gasteiger partial charge in [-0.1, -0.05) is 17.7 Å². The minimum Gasteiger partial charge on any atom is -0.496 e. The number of halogens is 1. The molecule has 160 valence electrons. The van der Waals surface area contributed by atoms with Gasteiger partial charge in [-0.2, -0.15) is 0 Å². The largest absolute Gasteiger partial charge is 0.496 e. The third kappa shape index (κ3) is 4.33. The van der Waals surface area contributed by atoms with Gasteiger partial charge in [0.2, 0.25) is 0 Å². The normalized spacial score (nSPS) is 13.6. The van der Waals surface area contributed by atoms with Gasteiger partial charge < -0.3 is 4.74 Å². The molecule has 0 amide bonds. The van der Waals surface area contributed by atoms with Crippen LogP contribution in [0.1, 0.15) is 16.8 Å². The molecule has 7 heteroatoms. The summed E-state index contributed by atoms with van der Waals surface area (Å²) < 4.78 is 5.45. The van der Waals surface area contributed by atoms with Gasteiger partial charge in [-0.05, 0) is 42.0 Å². The topological polar surface area (TPSA) is 64.0 Å². The average Bonchev–Trinajstić information content (AvgIpc) is 2.85. The van der Waals surface area contributed by atoms with Crippen LogP contribution in [-0.2, 0) is 19.5 Å². The van der Waals surface area contributed by atoms with E-state index in [4.69, 9.17) is 21.3 Å². The van der Waals surface area contributed by atoms with Gasteiger partial charge in [0.1, 0.15) is 5.75 Å². The van der Waals surface area contributed by atoms with Gasteiger partial charge in [-0.3, -0.25) is 14.9 Å². The highest BCUT2D eigenvalue weighted by Crippen LogP contribution is 2.31. The van der Waals surface area contributed by atoms with E-state index in [1.807, 2.05) is 48.8 Å². The van der Waals surface area contributed by atoms with Gasteiger partial charge in [0.05, 0.1) is 18.5 Å². The van der Waals surface area contributed by atoms with Crippen LogP contribution in [-0.4, -0.2) is 38.5 Å². The Kier molecular flexibility index (Phi) is 5.79. The fourth-order valence-corrected chi connectivity index (χ4v) is 4.14. The quantitative estimate of drug-likeness (QED) is 0.440. The standard InChI is InChI=1S/C25H22ClN5O/c1-32-24-5-3-20(26)12-21(24)23-4-2-17(13-28-23)15-31-11-8-22-19(16-31)14-29-25(30-22)18-6-9-27-10-7-18/h2-7,9-10,12-14H,8,11,15-16H2,1H3. The Balaban J connectivity index is 1.29. The lowest BCUT2D eigenvalue weighted by atomic mass is 10.1. The number of hydrogen-bond donors (Lipinski definition) is 0. The van der Waals surface area contributed by atoms with Crippen LogP contribution < -0.4 is 4.74 Å². The molecule has 4 heterocycles. The molecule has 0 spiro atoms. The van der Waals surface area contributed by atoms with Crippen molar-refractivity contribution in [2.75, 3.05) is 13.7 Å². The van der Waals surface area contributed by atoms with Crippen molar-refractivity contribution >= 4 is 11.6 Å². The predicted molar refractivity (Wildman–Crippen MR) is 124 cm³/mol. The molecule has 0 N–H and O–H groups in total. The van der Waals surface area contributed by atoms with E-state index >= 15 is 0 Å². The first-order valence-electron chi connectivity index (χ1n) is 10.5. The molecule has 5 rings (SSSR count). The van der Waals surface area contributed by atoms with E-state index < -0.39 is 0 Å². The molecule has 0 bridgehead atoms. The van der Waals surface area contributed by atoms with Gasteiger partial charge >= 0.3 is 0 Å². The molecule has 32 heavy (non-hydrogen) atoms. The highest BCUT2D eigenvalue weighted by Gasteiger charge is 2.19. The Morgan fingerprint density at radius 2 is 1.91 bits per heavy atom. The van der Waals surface area contributed by atoms with E-state index in [0.29, 0.717) is 5.02 Å². The first-order chi connectivity index (χ1) is 15.7. The highest BCUT2D eigenvalue weighted by molar-refractivity contribution is 6.30. The van der Waals surface area contributed by atoms with Gasteiger partial charge in [0.25, 0.3) is 0 Å². The predicted octanol–water partition coefficient (Wildman–Crippen LogP) is 4.82. The zero-order chi connectivity index (χ0) is 21.9. The molecule has 1 aromatic carbocycles. The second kappa shape index (κ2) is 9.02. The Morgan fingerprint density at radius 1 is 1.03 bits per heavy atom. The number of fused-ring (bicyclic) bond motifs is 1. The van der Waals surface area contributed by atoms with Crippen LogP contribution in [0.3, 0.4) is 0 Å². The van der Waals surface area contributed by atoms with Crippen LogP contribution in [0.25, 0.3) is 22.6 Å². The number of nitrogens with zero attached hydrogens (tertiary/aromatic N) is 5. The van der Waals surface area contributed by atoms with Crippen molar-refractivity contribution in [3.63, 3.8) is 0 Å². The first kappa shape index (κ1) is 20.5. The number of benzene rings is 1. The van der Waals surface area contributed by atoms with Crippen molar-refractivity contribution in [1.29, 1.82) is 0 Å². The molecule has 0 atom stereocenters. The number of pyridine rings is 2. The van der Waals surface area contributed by atoms with Crippen LogP contribution in [0.15, 0.2) is 67.3 Å². The summed E-state index contributed by atoms with van der Waals surface area (Å²) in [6, 6.07) is 13.6. The molecule has 0 saturated carbocycles. The summed E-state index contributed by atoms with van der Waals surface area (Å²) >= 11 is 6.17. The smallest absolute Gasteiger partial charge is 0.159 e. The Bertz CT molecular complexity index is 1230. The number of rotatable bonds is 5. The second-order valence-electron chi connectivity index (χ2n) is 7.76. The molecule has 1 aliphatic rings. The fraction of sp³-hybridized carbons (Fsp3) is 0.200. The summed E-state index contributed by atoms with van der Waals surface area (Å²) in [6.07, 6.45) is 8.32. The van der Waals surface area contributed by atoms with Crippen molar-refractivity contribution in [2.24, 2.45) is 0 Å². The Morgan fingerprint density at radius 3 is 2.69 bits per heavy atom. The van der Waals surface area contributed by atoms with Crippen LogP contribution in [0.4, 0.5) is 0 Å². The third-order valence-electron chi connectivity index (χ3n) is 5.62. The van der Waals surface area contributed by atoms with Gasteiger partial charge in [-0.15, -0.1) is 0 Å². The number of methoxy groups -OCH3 is 1. The summed E-state index contributed by atoms with van der Waals surface area (Å²) in [5.41, 5.74) is 6.20. The maximum absolute atomic E-state index is 6.17. The second-order valence-corrected chi connectivity index (χ2v) is 8.19. The molecule has 4 aromatic rings. The molecule has 3 aromatic heterocycles. The zero-order valence-corrected chi connectivity index (χ0v) is 18.5. The molecule has 6 nitrogen and oxygen atoms in total. The average molecular weight is 444 g/mol. The lowest BCUT2D eigenvalue weighted by molar-refractivity contribution is 0.242. The molecule has 0 saturated heterocycles.